The molecule has 0 aliphatic rings. The minimum absolute atomic E-state index is 0.204. The van der Waals surface area contributed by atoms with E-state index in [0.29, 0.717) is 12.4 Å². The fraction of sp³-hybridized carbons (Fsp3) is 0.364. The Morgan fingerprint density at radius 2 is 2.20 bits per heavy atom. The van der Waals surface area contributed by atoms with Crippen LogP contribution in [-0.4, -0.2) is 17.7 Å². The third kappa shape index (κ3) is 2.96. The normalized spacial score (nSPS) is 10.1. The van der Waals surface area contributed by atoms with Gasteiger partial charge in [-0.05, 0) is 31.0 Å². The summed E-state index contributed by atoms with van der Waals surface area (Å²) >= 11 is 3.26. The van der Waals surface area contributed by atoms with Gasteiger partial charge in [-0.1, -0.05) is 22.9 Å². The molecule has 0 amide bonds. The van der Waals surface area contributed by atoms with Gasteiger partial charge in [0.1, 0.15) is 11.3 Å². The molecule has 0 fully saturated rings. The van der Waals surface area contributed by atoms with Gasteiger partial charge in [-0.15, -0.1) is 0 Å². The molecule has 0 bridgehead atoms. The molecule has 82 valence electrons. The Labute approximate surface area is 97.2 Å². The van der Waals surface area contributed by atoms with Crippen LogP contribution >= 0.6 is 15.9 Å². The Morgan fingerprint density at radius 1 is 1.53 bits per heavy atom. The van der Waals surface area contributed by atoms with Gasteiger partial charge in [0.2, 0.25) is 0 Å². The Morgan fingerprint density at radius 3 is 2.73 bits per heavy atom. The number of benzene rings is 1. The van der Waals surface area contributed by atoms with Gasteiger partial charge >= 0.3 is 5.97 Å². The minimum atomic E-state index is -0.967. The standard InChI is InChI=1S/C11H13BrO3/c1-3-4-15-10-7(2)5-8(12)6-9(10)11(13)14/h5-6H,3-4H2,1-2H3,(H,13,14). The molecule has 1 rings (SSSR count). The molecule has 0 aliphatic carbocycles. The number of ether oxygens (including phenoxy) is 1. The van der Waals surface area contributed by atoms with Crippen LogP contribution in [0.15, 0.2) is 16.6 Å². The summed E-state index contributed by atoms with van der Waals surface area (Å²) < 4.78 is 6.18. The van der Waals surface area contributed by atoms with Gasteiger partial charge < -0.3 is 9.84 Å². The monoisotopic (exact) mass is 272 g/mol. The smallest absolute Gasteiger partial charge is 0.339 e. The summed E-state index contributed by atoms with van der Waals surface area (Å²) in [5.41, 5.74) is 1.03. The second kappa shape index (κ2) is 5.16. The van der Waals surface area contributed by atoms with Crippen LogP contribution in [0.25, 0.3) is 0 Å². The van der Waals surface area contributed by atoms with Crippen molar-refractivity contribution >= 4 is 21.9 Å². The van der Waals surface area contributed by atoms with E-state index < -0.39 is 5.97 Å². The average Bonchev–Trinajstić information content (AvgIpc) is 2.15. The minimum Gasteiger partial charge on any atom is -0.492 e. The third-order valence-corrected chi connectivity index (χ3v) is 2.38. The van der Waals surface area contributed by atoms with Crippen LogP contribution in [0, 0.1) is 6.92 Å². The van der Waals surface area contributed by atoms with E-state index >= 15 is 0 Å². The molecule has 15 heavy (non-hydrogen) atoms. The quantitative estimate of drug-likeness (QED) is 0.916. The molecule has 3 nitrogen and oxygen atoms in total. The highest BCUT2D eigenvalue weighted by Gasteiger charge is 2.14. The Balaban J connectivity index is 3.15. The average molecular weight is 273 g/mol. The van der Waals surface area contributed by atoms with Crippen molar-refractivity contribution in [2.24, 2.45) is 0 Å². The molecule has 0 aliphatic heterocycles. The van der Waals surface area contributed by atoms with E-state index in [1.54, 1.807) is 6.07 Å². The molecule has 0 spiro atoms. The SMILES string of the molecule is CCCOc1c(C)cc(Br)cc1C(=O)O. The number of aromatic carboxylic acids is 1. The molecule has 0 saturated carbocycles. The van der Waals surface area contributed by atoms with Crippen molar-refractivity contribution in [2.75, 3.05) is 6.61 Å². The topological polar surface area (TPSA) is 46.5 Å². The molecule has 0 radical (unpaired) electrons. The molecule has 1 aromatic carbocycles. The van der Waals surface area contributed by atoms with Crippen molar-refractivity contribution in [3.8, 4) is 5.75 Å². The van der Waals surface area contributed by atoms with Crippen LogP contribution in [0.3, 0.4) is 0 Å². The lowest BCUT2D eigenvalue weighted by atomic mass is 10.1. The molecule has 0 atom stereocenters. The van der Waals surface area contributed by atoms with Crippen LogP contribution in [0.5, 0.6) is 5.75 Å². The third-order valence-electron chi connectivity index (χ3n) is 1.92. The van der Waals surface area contributed by atoms with Crippen molar-refractivity contribution in [3.63, 3.8) is 0 Å². The fourth-order valence-corrected chi connectivity index (χ4v) is 1.86. The van der Waals surface area contributed by atoms with E-state index in [-0.39, 0.29) is 5.56 Å². The lowest BCUT2D eigenvalue weighted by molar-refractivity contribution is 0.0692. The molecule has 1 N–H and O–H groups in total. The number of carboxylic acid groups (broad SMARTS) is 1. The van der Waals surface area contributed by atoms with Crippen LogP contribution in [-0.2, 0) is 0 Å². The van der Waals surface area contributed by atoms with Gasteiger partial charge in [0.05, 0.1) is 6.61 Å². The number of carbonyl (C=O) groups is 1. The van der Waals surface area contributed by atoms with Crippen molar-refractivity contribution in [2.45, 2.75) is 20.3 Å². The van der Waals surface area contributed by atoms with Crippen molar-refractivity contribution < 1.29 is 14.6 Å². The fourth-order valence-electron chi connectivity index (χ4n) is 1.28. The number of rotatable bonds is 4. The summed E-state index contributed by atoms with van der Waals surface area (Å²) in [6, 6.07) is 3.40. The first kappa shape index (κ1) is 12.0. The zero-order valence-corrected chi connectivity index (χ0v) is 10.3. The Kier molecular flexibility index (Phi) is 4.15. The lowest BCUT2D eigenvalue weighted by Gasteiger charge is -2.11. The van der Waals surface area contributed by atoms with Gasteiger partial charge in [-0.25, -0.2) is 4.79 Å². The summed E-state index contributed by atoms with van der Waals surface area (Å²) in [4.78, 5) is 11.0. The Hall–Kier alpha value is -1.03. The van der Waals surface area contributed by atoms with E-state index in [4.69, 9.17) is 9.84 Å². The van der Waals surface area contributed by atoms with Crippen molar-refractivity contribution in [1.82, 2.24) is 0 Å². The van der Waals surface area contributed by atoms with E-state index in [2.05, 4.69) is 15.9 Å². The molecular weight excluding hydrogens is 260 g/mol. The highest BCUT2D eigenvalue weighted by molar-refractivity contribution is 9.10. The molecule has 1 aromatic rings. The second-order valence-corrected chi connectivity index (χ2v) is 4.17. The van der Waals surface area contributed by atoms with Crippen LogP contribution in [0.4, 0.5) is 0 Å². The highest BCUT2D eigenvalue weighted by Crippen LogP contribution is 2.28. The number of halogens is 1. The maximum absolute atomic E-state index is 11.0. The van der Waals surface area contributed by atoms with Crippen LogP contribution in [0.1, 0.15) is 29.3 Å². The van der Waals surface area contributed by atoms with Gasteiger partial charge in [-0.3, -0.25) is 0 Å². The zero-order valence-electron chi connectivity index (χ0n) is 8.71. The molecule has 0 aromatic heterocycles. The van der Waals surface area contributed by atoms with Gasteiger partial charge in [0.15, 0.2) is 0 Å². The summed E-state index contributed by atoms with van der Waals surface area (Å²) in [5, 5.41) is 9.01. The first-order chi connectivity index (χ1) is 7.06. The predicted octanol–water partition coefficient (Wildman–Crippen LogP) is 3.24. The summed E-state index contributed by atoms with van der Waals surface area (Å²) in [6.45, 7) is 4.35. The Bertz CT molecular complexity index is 374. The molecule has 0 saturated heterocycles. The number of hydrogen-bond donors (Lipinski definition) is 1. The predicted molar refractivity (Wildman–Crippen MR) is 61.6 cm³/mol. The summed E-state index contributed by atoms with van der Waals surface area (Å²) in [6.07, 6.45) is 0.856. The summed E-state index contributed by atoms with van der Waals surface area (Å²) in [7, 11) is 0. The second-order valence-electron chi connectivity index (χ2n) is 3.25. The van der Waals surface area contributed by atoms with Crippen LogP contribution < -0.4 is 4.74 Å². The lowest BCUT2D eigenvalue weighted by Crippen LogP contribution is -2.05. The van der Waals surface area contributed by atoms with E-state index in [1.165, 1.54) is 0 Å². The van der Waals surface area contributed by atoms with Crippen molar-refractivity contribution in [3.05, 3.63) is 27.7 Å². The first-order valence-corrected chi connectivity index (χ1v) is 5.51. The number of aryl methyl sites for hydroxylation is 1. The first-order valence-electron chi connectivity index (χ1n) is 4.72. The summed E-state index contributed by atoms with van der Waals surface area (Å²) in [5.74, 6) is -0.502. The van der Waals surface area contributed by atoms with E-state index in [1.807, 2.05) is 19.9 Å². The molecule has 4 heteroatoms. The van der Waals surface area contributed by atoms with E-state index in [9.17, 15) is 4.79 Å². The van der Waals surface area contributed by atoms with Gasteiger partial charge in [0, 0.05) is 4.47 Å². The molecule has 0 unspecified atom stereocenters. The number of carboxylic acids is 1. The largest absolute Gasteiger partial charge is 0.492 e. The van der Waals surface area contributed by atoms with Crippen LogP contribution in [0.2, 0.25) is 0 Å². The number of hydrogen-bond acceptors (Lipinski definition) is 2. The van der Waals surface area contributed by atoms with Gasteiger partial charge in [-0.2, -0.15) is 0 Å². The van der Waals surface area contributed by atoms with Crippen molar-refractivity contribution in [1.29, 1.82) is 0 Å². The maximum Gasteiger partial charge on any atom is 0.339 e. The highest BCUT2D eigenvalue weighted by atomic mass is 79.9. The molecular formula is C11H13BrO3. The van der Waals surface area contributed by atoms with Gasteiger partial charge in [0.25, 0.3) is 0 Å². The zero-order chi connectivity index (χ0) is 11.4. The maximum atomic E-state index is 11.0. The molecule has 0 heterocycles. The van der Waals surface area contributed by atoms with E-state index in [0.717, 1.165) is 16.5 Å².